The number of benzene rings is 2. The number of Topliss-reactive ketones (excluding diaryl/α,β-unsaturated/α-hetero) is 1. The van der Waals surface area contributed by atoms with Crippen molar-refractivity contribution in [2.75, 3.05) is 10.6 Å². The molecule has 32 heavy (non-hydrogen) atoms. The zero-order valence-electron chi connectivity index (χ0n) is 18.3. The number of aryl methyl sites for hydroxylation is 2. The van der Waals surface area contributed by atoms with Crippen molar-refractivity contribution in [3.8, 4) is 0 Å². The van der Waals surface area contributed by atoms with Crippen LogP contribution in [0.25, 0.3) is 0 Å². The molecule has 1 aromatic heterocycles. The molecule has 0 unspecified atom stereocenters. The summed E-state index contributed by atoms with van der Waals surface area (Å²) in [5, 5.41) is 10.9. The summed E-state index contributed by atoms with van der Waals surface area (Å²) in [4.78, 5) is 26.0. The maximum Gasteiger partial charge on any atom is 0.261 e. The van der Waals surface area contributed by atoms with E-state index in [1.807, 2.05) is 31.2 Å². The van der Waals surface area contributed by atoms with Crippen LogP contribution in [0.2, 0.25) is 0 Å². The van der Waals surface area contributed by atoms with Crippen LogP contribution in [-0.4, -0.2) is 21.5 Å². The molecule has 3 aromatic rings. The Morgan fingerprint density at radius 3 is 2.59 bits per heavy atom. The monoisotopic (exact) mass is 426 g/mol. The molecule has 6 nitrogen and oxygen atoms in total. The fourth-order valence-corrected chi connectivity index (χ4v) is 4.50. The predicted molar refractivity (Wildman–Crippen MR) is 125 cm³/mol. The molecule has 2 N–H and O–H groups in total. The molecule has 0 spiro atoms. The number of nitrogens with zero attached hydrogens (tertiary/aromatic N) is 2. The van der Waals surface area contributed by atoms with Crippen LogP contribution in [0, 0.1) is 6.92 Å². The molecule has 2 aromatic carbocycles. The molecule has 0 fully saturated rings. The highest BCUT2D eigenvalue weighted by Gasteiger charge is 2.37. The number of hydrogen-bond acceptors (Lipinski definition) is 4. The lowest BCUT2D eigenvalue weighted by atomic mass is 9.85. The minimum Gasteiger partial charge on any atom is -0.343 e. The van der Waals surface area contributed by atoms with Crippen molar-refractivity contribution >= 4 is 23.2 Å². The number of nitrogens with one attached hydrogen (secondary N) is 2. The van der Waals surface area contributed by atoms with E-state index in [1.165, 1.54) is 5.56 Å². The largest absolute Gasteiger partial charge is 0.343 e. The Morgan fingerprint density at radius 2 is 1.88 bits per heavy atom. The summed E-state index contributed by atoms with van der Waals surface area (Å²) in [6, 6.07) is 15.7. The second-order valence-corrected chi connectivity index (χ2v) is 8.46. The van der Waals surface area contributed by atoms with Gasteiger partial charge in [-0.25, -0.2) is 4.68 Å². The first-order valence-corrected chi connectivity index (χ1v) is 11.1. The average molecular weight is 427 g/mol. The molecular weight excluding hydrogens is 400 g/mol. The third-order valence-corrected chi connectivity index (χ3v) is 6.30. The van der Waals surface area contributed by atoms with E-state index in [4.69, 9.17) is 0 Å². The van der Waals surface area contributed by atoms with E-state index >= 15 is 0 Å². The van der Waals surface area contributed by atoms with E-state index in [0.717, 1.165) is 47.3 Å². The summed E-state index contributed by atoms with van der Waals surface area (Å²) in [5.41, 5.74) is 6.24. The normalized spacial score (nSPS) is 17.4. The van der Waals surface area contributed by atoms with Crippen LogP contribution in [0.3, 0.4) is 0 Å². The summed E-state index contributed by atoms with van der Waals surface area (Å²) in [7, 11) is 0. The van der Waals surface area contributed by atoms with Crippen molar-refractivity contribution in [2.45, 2.75) is 45.6 Å². The number of ketones is 1. The molecule has 5 rings (SSSR count). The van der Waals surface area contributed by atoms with Gasteiger partial charge >= 0.3 is 0 Å². The first-order valence-electron chi connectivity index (χ1n) is 11.1. The Morgan fingerprint density at radius 1 is 1.12 bits per heavy atom. The molecule has 1 atom stereocenters. The van der Waals surface area contributed by atoms with E-state index in [0.29, 0.717) is 17.8 Å². The van der Waals surface area contributed by atoms with Gasteiger partial charge < -0.3 is 10.6 Å². The molecule has 0 saturated carbocycles. The van der Waals surface area contributed by atoms with Gasteiger partial charge in [0.25, 0.3) is 5.91 Å². The lowest BCUT2D eigenvalue weighted by Gasteiger charge is -2.33. The first-order chi connectivity index (χ1) is 15.5. The summed E-state index contributed by atoms with van der Waals surface area (Å²) in [5.74, 6) is 0.552. The highest BCUT2D eigenvalue weighted by molar-refractivity contribution is 6.08. The summed E-state index contributed by atoms with van der Waals surface area (Å²) in [6.45, 7) is 4.13. The van der Waals surface area contributed by atoms with Gasteiger partial charge in [-0.3, -0.25) is 9.59 Å². The smallest absolute Gasteiger partial charge is 0.261 e. The Balaban J connectivity index is 1.55. The van der Waals surface area contributed by atoms with Crippen molar-refractivity contribution < 1.29 is 9.59 Å². The second kappa shape index (κ2) is 8.11. The van der Waals surface area contributed by atoms with E-state index < -0.39 is 0 Å². The van der Waals surface area contributed by atoms with Crippen LogP contribution in [0.15, 0.2) is 66.0 Å². The van der Waals surface area contributed by atoms with E-state index in [1.54, 1.807) is 10.9 Å². The molecule has 2 heterocycles. The summed E-state index contributed by atoms with van der Waals surface area (Å²) in [6.07, 6.45) is 4.68. The molecule has 1 aliphatic carbocycles. The molecule has 0 saturated heterocycles. The van der Waals surface area contributed by atoms with Gasteiger partial charge in [0.05, 0.1) is 6.20 Å². The highest BCUT2D eigenvalue weighted by Crippen LogP contribution is 2.41. The number of hydrogen-bond donors (Lipinski definition) is 2. The van der Waals surface area contributed by atoms with Crippen LogP contribution in [0.4, 0.5) is 11.5 Å². The quantitative estimate of drug-likeness (QED) is 0.614. The van der Waals surface area contributed by atoms with Crippen molar-refractivity contribution in [1.29, 1.82) is 0 Å². The number of aromatic nitrogens is 2. The zero-order valence-corrected chi connectivity index (χ0v) is 18.3. The minimum atomic E-state index is -0.333. The van der Waals surface area contributed by atoms with Crippen molar-refractivity contribution in [3.63, 3.8) is 0 Å². The van der Waals surface area contributed by atoms with Gasteiger partial charge in [0.1, 0.15) is 17.4 Å². The summed E-state index contributed by atoms with van der Waals surface area (Å²) >= 11 is 0. The predicted octanol–water partition coefficient (Wildman–Crippen LogP) is 5.03. The van der Waals surface area contributed by atoms with Crippen molar-refractivity contribution in [2.24, 2.45) is 0 Å². The Labute approximate surface area is 187 Å². The number of fused-ring (bicyclic) bond motifs is 1. The lowest BCUT2D eigenvalue weighted by Crippen LogP contribution is -2.32. The van der Waals surface area contributed by atoms with Gasteiger partial charge in [-0.1, -0.05) is 48.9 Å². The molecular formula is C26H26N4O2. The third-order valence-electron chi connectivity index (χ3n) is 6.30. The van der Waals surface area contributed by atoms with Gasteiger partial charge in [0, 0.05) is 23.4 Å². The topological polar surface area (TPSA) is 76.0 Å². The number of rotatable bonds is 4. The second-order valence-electron chi connectivity index (χ2n) is 8.46. The maximum absolute atomic E-state index is 13.1. The van der Waals surface area contributed by atoms with E-state index in [9.17, 15) is 9.59 Å². The van der Waals surface area contributed by atoms with Crippen LogP contribution >= 0.6 is 0 Å². The van der Waals surface area contributed by atoms with Crippen LogP contribution in [0.1, 0.15) is 59.3 Å². The number of carbonyl (C=O) groups excluding carboxylic acids is 2. The lowest BCUT2D eigenvalue weighted by molar-refractivity contribution is -0.116. The van der Waals surface area contributed by atoms with Gasteiger partial charge in [-0.05, 0) is 49.4 Å². The fourth-order valence-electron chi connectivity index (χ4n) is 4.50. The molecule has 1 amide bonds. The van der Waals surface area contributed by atoms with Crippen molar-refractivity contribution in [3.05, 3.63) is 88.3 Å². The number of amides is 1. The van der Waals surface area contributed by atoms with Crippen LogP contribution in [-0.2, 0) is 11.2 Å². The third kappa shape index (κ3) is 3.51. The molecule has 0 radical (unpaired) electrons. The van der Waals surface area contributed by atoms with Gasteiger partial charge in [0.15, 0.2) is 5.78 Å². The SMILES string of the molecule is CCc1ccc([C@H]2C3=C(CCCC3=O)Nc3c(C(=O)Nc4ccc(C)cc4)cnn32)cc1. The van der Waals surface area contributed by atoms with Crippen LogP contribution < -0.4 is 10.6 Å². The Bertz CT molecular complexity index is 1220. The van der Waals surface area contributed by atoms with Crippen molar-refractivity contribution in [1.82, 2.24) is 9.78 Å². The zero-order chi connectivity index (χ0) is 22.2. The van der Waals surface area contributed by atoms with Gasteiger partial charge in [-0.2, -0.15) is 5.10 Å². The Kier molecular flexibility index (Phi) is 5.13. The van der Waals surface area contributed by atoms with Gasteiger partial charge in [0.2, 0.25) is 0 Å². The van der Waals surface area contributed by atoms with E-state index in [-0.39, 0.29) is 17.7 Å². The standard InChI is InChI=1S/C26H26N4O2/c1-3-17-9-11-18(12-10-17)24-23-21(5-4-6-22(23)31)29-25-20(15-27-30(24)25)26(32)28-19-13-7-16(2)8-14-19/h7-15,24,29H,3-6H2,1-2H3,(H,28,32)/t24-/m0/s1. The maximum atomic E-state index is 13.1. The Hall–Kier alpha value is -3.67. The van der Waals surface area contributed by atoms with Crippen LogP contribution in [0.5, 0.6) is 0 Å². The molecule has 2 aliphatic rings. The average Bonchev–Trinajstić information content (AvgIpc) is 3.23. The highest BCUT2D eigenvalue weighted by atomic mass is 16.1. The van der Waals surface area contributed by atoms with Gasteiger partial charge in [-0.15, -0.1) is 0 Å². The fraction of sp³-hybridized carbons (Fsp3) is 0.269. The minimum absolute atomic E-state index is 0.148. The number of carbonyl (C=O) groups is 2. The molecule has 1 aliphatic heterocycles. The molecule has 6 heteroatoms. The van der Waals surface area contributed by atoms with E-state index in [2.05, 4.69) is 46.9 Å². The number of anilines is 2. The summed E-state index contributed by atoms with van der Waals surface area (Å²) < 4.78 is 1.78. The number of allylic oxidation sites excluding steroid dienone is 2. The first kappa shape index (κ1) is 20.2. The molecule has 162 valence electrons. The molecule has 0 bridgehead atoms.